The molecule has 23 heavy (non-hydrogen) atoms. The summed E-state index contributed by atoms with van der Waals surface area (Å²) in [5, 5.41) is 2.96. The van der Waals surface area contributed by atoms with Crippen LogP contribution in [0.3, 0.4) is 0 Å². The van der Waals surface area contributed by atoms with Crippen LogP contribution in [0.1, 0.15) is 18.1 Å². The highest BCUT2D eigenvalue weighted by Crippen LogP contribution is 2.11. The van der Waals surface area contributed by atoms with Gasteiger partial charge in [0.1, 0.15) is 12.3 Å². The van der Waals surface area contributed by atoms with Crippen LogP contribution in [0.5, 0.6) is 5.75 Å². The monoisotopic (exact) mass is 313 g/mol. The number of nitrogens with one attached hydrogen (secondary N) is 2. The molecule has 0 saturated carbocycles. The summed E-state index contributed by atoms with van der Waals surface area (Å²) in [6.07, 6.45) is 0. The average Bonchev–Trinajstić information content (AvgIpc) is 2.56. The maximum absolute atomic E-state index is 12.0. The Hall–Kier alpha value is -2.33. The number of carbonyl (C=O) groups is 1. The van der Waals surface area contributed by atoms with E-state index >= 15 is 0 Å². The molecule has 0 aliphatic heterocycles. The summed E-state index contributed by atoms with van der Waals surface area (Å²) >= 11 is 0. The first kappa shape index (κ1) is 17.0. The average molecular weight is 313 g/mol. The third-order valence-electron chi connectivity index (χ3n) is 3.54. The van der Waals surface area contributed by atoms with Gasteiger partial charge in [-0.1, -0.05) is 30.3 Å². The van der Waals surface area contributed by atoms with Crippen molar-refractivity contribution >= 4 is 5.91 Å². The maximum atomic E-state index is 12.0. The van der Waals surface area contributed by atoms with Gasteiger partial charge in [-0.25, -0.2) is 0 Å². The van der Waals surface area contributed by atoms with Crippen LogP contribution < -0.4 is 15.0 Å². The van der Waals surface area contributed by atoms with Gasteiger partial charge in [-0.3, -0.25) is 4.79 Å². The van der Waals surface area contributed by atoms with Crippen molar-refractivity contribution in [3.8, 4) is 5.75 Å². The summed E-state index contributed by atoms with van der Waals surface area (Å²) in [6.45, 7) is 4.49. The van der Waals surface area contributed by atoms with E-state index in [-0.39, 0.29) is 5.91 Å². The van der Waals surface area contributed by atoms with Gasteiger partial charge in [-0.2, -0.15) is 0 Å². The first-order chi connectivity index (χ1) is 11.2. The summed E-state index contributed by atoms with van der Waals surface area (Å²) in [5.41, 5.74) is 2.31. The lowest BCUT2D eigenvalue weighted by atomic mass is 10.2. The molecule has 1 unspecified atom stereocenters. The standard InChI is InChI=1S/C19H24N2O2/c1-3-23-18-11-9-17(10-12-18)14-21(2)15-19(22)20-13-16-7-5-4-6-8-16/h4-12H,3,13-15H2,1-2H3,(H,20,22)/p+1. The minimum Gasteiger partial charge on any atom is -0.494 e. The number of benzene rings is 2. The Bertz CT molecular complexity index is 597. The van der Waals surface area contributed by atoms with Crippen molar-refractivity contribution in [2.45, 2.75) is 20.0 Å². The van der Waals surface area contributed by atoms with E-state index in [0.29, 0.717) is 19.7 Å². The molecule has 0 bridgehead atoms. The Balaban J connectivity index is 1.75. The van der Waals surface area contributed by atoms with Gasteiger partial charge in [-0.15, -0.1) is 0 Å². The number of likely N-dealkylation sites (N-methyl/N-ethyl adjacent to an activating group) is 1. The van der Waals surface area contributed by atoms with Crippen molar-refractivity contribution in [1.29, 1.82) is 0 Å². The van der Waals surface area contributed by atoms with Crippen molar-refractivity contribution in [2.75, 3.05) is 20.2 Å². The van der Waals surface area contributed by atoms with Gasteiger partial charge >= 0.3 is 0 Å². The Kier molecular flexibility index (Phi) is 6.63. The van der Waals surface area contributed by atoms with E-state index in [0.717, 1.165) is 22.8 Å². The Labute approximate surface area is 138 Å². The lowest BCUT2D eigenvalue weighted by Gasteiger charge is -2.14. The SMILES string of the molecule is CCOc1ccc(C[NH+](C)CC(=O)NCc2ccccc2)cc1. The molecule has 0 aliphatic rings. The molecule has 0 heterocycles. The molecule has 122 valence electrons. The summed E-state index contributed by atoms with van der Waals surface area (Å²) in [7, 11) is 2.03. The van der Waals surface area contributed by atoms with Crippen LogP contribution in [0.15, 0.2) is 54.6 Å². The van der Waals surface area contributed by atoms with E-state index in [2.05, 4.69) is 17.4 Å². The largest absolute Gasteiger partial charge is 0.494 e. The number of carbonyl (C=O) groups excluding carboxylic acids is 1. The fourth-order valence-corrected chi connectivity index (χ4v) is 2.41. The summed E-state index contributed by atoms with van der Waals surface area (Å²) < 4.78 is 5.43. The fourth-order valence-electron chi connectivity index (χ4n) is 2.41. The zero-order chi connectivity index (χ0) is 16.5. The van der Waals surface area contributed by atoms with Crippen LogP contribution >= 0.6 is 0 Å². The molecule has 0 radical (unpaired) electrons. The predicted molar refractivity (Wildman–Crippen MR) is 91.4 cm³/mol. The topological polar surface area (TPSA) is 42.8 Å². The first-order valence-electron chi connectivity index (χ1n) is 8.01. The number of amides is 1. The van der Waals surface area contributed by atoms with Crippen LogP contribution in [-0.4, -0.2) is 26.1 Å². The highest BCUT2D eigenvalue weighted by Gasteiger charge is 2.10. The predicted octanol–water partition coefficient (Wildman–Crippen LogP) is 1.42. The minimum absolute atomic E-state index is 0.0669. The van der Waals surface area contributed by atoms with Crippen molar-refractivity contribution in [2.24, 2.45) is 0 Å². The second-order valence-electron chi connectivity index (χ2n) is 5.65. The second kappa shape index (κ2) is 8.96. The molecule has 0 aromatic heterocycles. The molecular weight excluding hydrogens is 288 g/mol. The van der Waals surface area contributed by atoms with E-state index in [1.54, 1.807) is 0 Å². The van der Waals surface area contributed by atoms with Gasteiger partial charge in [0.05, 0.1) is 13.7 Å². The van der Waals surface area contributed by atoms with Crippen LogP contribution in [0.2, 0.25) is 0 Å². The van der Waals surface area contributed by atoms with Crippen molar-refractivity contribution in [3.63, 3.8) is 0 Å². The summed E-state index contributed by atoms with van der Waals surface area (Å²) in [4.78, 5) is 13.2. The molecule has 1 amide bonds. The molecule has 2 aromatic rings. The van der Waals surface area contributed by atoms with E-state index in [1.165, 1.54) is 5.56 Å². The maximum Gasteiger partial charge on any atom is 0.275 e. The molecule has 2 rings (SSSR count). The molecule has 1 atom stereocenters. The van der Waals surface area contributed by atoms with E-state index < -0.39 is 0 Å². The summed E-state index contributed by atoms with van der Waals surface area (Å²) in [5.74, 6) is 0.951. The van der Waals surface area contributed by atoms with Gasteiger partial charge in [0, 0.05) is 12.1 Å². The molecular formula is C19H25N2O2+. The Morgan fingerprint density at radius 1 is 1.04 bits per heavy atom. The van der Waals surface area contributed by atoms with Gasteiger partial charge in [-0.05, 0) is 36.8 Å². The molecule has 2 aromatic carbocycles. The van der Waals surface area contributed by atoms with Gasteiger partial charge < -0.3 is 15.0 Å². The van der Waals surface area contributed by atoms with E-state index in [9.17, 15) is 4.79 Å². The number of quaternary nitrogens is 1. The smallest absolute Gasteiger partial charge is 0.275 e. The van der Waals surface area contributed by atoms with Crippen LogP contribution in [-0.2, 0) is 17.9 Å². The summed E-state index contributed by atoms with van der Waals surface area (Å²) in [6, 6.07) is 18.0. The lowest BCUT2D eigenvalue weighted by Crippen LogP contribution is -3.08. The van der Waals surface area contributed by atoms with Crippen LogP contribution in [0.4, 0.5) is 0 Å². The third kappa shape index (κ3) is 6.12. The normalized spacial score (nSPS) is 11.7. The second-order valence-corrected chi connectivity index (χ2v) is 5.65. The minimum atomic E-state index is 0.0669. The molecule has 2 N–H and O–H groups in total. The zero-order valence-electron chi connectivity index (χ0n) is 13.8. The quantitative estimate of drug-likeness (QED) is 0.774. The van der Waals surface area contributed by atoms with Crippen molar-refractivity contribution in [3.05, 3.63) is 65.7 Å². The van der Waals surface area contributed by atoms with E-state index in [1.807, 2.05) is 56.4 Å². The highest BCUT2D eigenvalue weighted by molar-refractivity contribution is 5.76. The molecule has 0 fully saturated rings. The number of hydrogen-bond acceptors (Lipinski definition) is 2. The highest BCUT2D eigenvalue weighted by atomic mass is 16.5. The van der Waals surface area contributed by atoms with Gasteiger partial charge in [0.15, 0.2) is 6.54 Å². The molecule has 4 heteroatoms. The molecule has 0 aliphatic carbocycles. The zero-order valence-corrected chi connectivity index (χ0v) is 13.8. The van der Waals surface area contributed by atoms with Crippen LogP contribution in [0, 0.1) is 0 Å². The number of rotatable bonds is 8. The molecule has 4 nitrogen and oxygen atoms in total. The van der Waals surface area contributed by atoms with E-state index in [4.69, 9.17) is 4.74 Å². The van der Waals surface area contributed by atoms with Gasteiger partial charge in [0.2, 0.25) is 0 Å². The number of hydrogen-bond donors (Lipinski definition) is 2. The molecule has 0 spiro atoms. The number of ether oxygens (including phenoxy) is 1. The molecule has 0 saturated heterocycles. The lowest BCUT2D eigenvalue weighted by molar-refractivity contribution is -0.885. The van der Waals surface area contributed by atoms with Crippen LogP contribution in [0.25, 0.3) is 0 Å². The van der Waals surface area contributed by atoms with Crippen molar-refractivity contribution < 1.29 is 14.4 Å². The van der Waals surface area contributed by atoms with Crippen molar-refractivity contribution in [1.82, 2.24) is 5.32 Å². The Morgan fingerprint density at radius 3 is 2.39 bits per heavy atom. The van der Waals surface area contributed by atoms with Gasteiger partial charge in [0.25, 0.3) is 5.91 Å². The third-order valence-corrected chi connectivity index (χ3v) is 3.54. The first-order valence-corrected chi connectivity index (χ1v) is 8.01. The Morgan fingerprint density at radius 2 is 1.74 bits per heavy atom. The fraction of sp³-hybridized carbons (Fsp3) is 0.316.